The second-order valence-electron chi connectivity index (χ2n) is 6.25. The highest BCUT2D eigenvalue weighted by molar-refractivity contribution is 6.04. The first-order valence-electron chi connectivity index (χ1n) is 8.79. The molecule has 1 N–H and O–H groups in total. The van der Waals surface area contributed by atoms with Gasteiger partial charge in [-0.15, -0.1) is 0 Å². The maximum absolute atomic E-state index is 12.3. The molecule has 0 spiro atoms. The topological polar surface area (TPSA) is 69.0 Å². The van der Waals surface area contributed by atoms with E-state index in [2.05, 4.69) is 15.3 Å². The van der Waals surface area contributed by atoms with Crippen molar-refractivity contribution in [3.63, 3.8) is 0 Å². The highest BCUT2D eigenvalue weighted by Crippen LogP contribution is 2.22. The number of benzene rings is 2. The Morgan fingerprint density at radius 1 is 0.964 bits per heavy atom. The highest BCUT2D eigenvalue weighted by atomic mass is 16.5. The lowest BCUT2D eigenvalue weighted by Crippen LogP contribution is -2.11. The monoisotopic (exact) mass is 370 g/mol. The van der Waals surface area contributed by atoms with Crippen LogP contribution < -0.4 is 10.1 Å². The molecule has 0 atom stereocenters. The van der Waals surface area contributed by atoms with Gasteiger partial charge in [-0.3, -0.25) is 4.79 Å². The van der Waals surface area contributed by atoms with Gasteiger partial charge in [-0.2, -0.15) is 0 Å². The van der Waals surface area contributed by atoms with E-state index in [0.717, 1.165) is 11.4 Å². The van der Waals surface area contributed by atoms with Crippen LogP contribution in [0.15, 0.2) is 85.5 Å². The van der Waals surface area contributed by atoms with Crippen molar-refractivity contribution in [1.82, 2.24) is 14.5 Å². The van der Waals surface area contributed by atoms with Gasteiger partial charge in [0.2, 0.25) is 5.88 Å². The van der Waals surface area contributed by atoms with Gasteiger partial charge in [0, 0.05) is 29.7 Å². The average molecular weight is 370 g/mol. The lowest BCUT2D eigenvalue weighted by molar-refractivity contribution is 0.102. The number of aromatic nitrogens is 3. The standard InChI is InChI=1S/C22H18N4O2/c1-16-4-6-17(7-5-16)22(27)25-18-8-10-19(11-9-18)28-21-14-20(23-15-24-21)26-12-2-3-13-26/h2-15H,1H3,(H,25,27). The summed E-state index contributed by atoms with van der Waals surface area (Å²) in [6, 6.07) is 20.2. The Morgan fingerprint density at radius 3 is 2.39 bits per heavy atom. The number of anilines is 1. The van der Waals surface area contributed by atoms with Gasteiger partial charge in [0.1, 0.15) is 17.9 Å². The molecule has 0 saturated heterocycles. The molecule has 2 aromatic heterocycles. The number of hydrogen-bond acceptors (Lipinski definition) is 4. The number of aryl methyl sites for hydroxylation is 1. The lowest BCUT2D eigenvalue weighted by Gasteiger charge is -2.09. The van der Waals surface area contributed by atoms with Crippen LogP contribution in [0.4, 0.5) is 5.69 Å². The predicted octanol–water partition coefficient (Wildman–Crippen LogP) is 4.62. The Labute approximate surface area is 162 Å². The largest absolute Gasteiger partial charge is 0.439 e. The van der Waals surface area contributed by atoms with Crippen LogP contribution in [0.5, 0.6) is 11.6 Å². The van der Waals surface area contributed by atoms with Crippen molar-refractivity contribution >= 4 is 11.6 Å². The third kappa shape index (κ3) is 4.07. The molecular weight excluding hydrogens is 352 g/mol. The number of hydrogen-bond donors (Lipinski definition) is 1. The van der Waals surface area contributed by atoms with Crippen LogP contribution in [0, 0.1) is 6.92 Å². The Balaban J connectivity index is 1.43. The zero-order valence-corrected chi connectivity index (χ0v) is 15.2. The summed E-state index contributed by atoms with van der Waals surface area (Å²) in [5.74, 6) is 1.62. The molecule has 0 radical (unpaired) electrons. The van der Waals surface area contributed by atoms with Gasteiger partial charge in [-0.05, 0) is 55.5 Å². The van der Waals surface area contributed by atoms with Crippen LogP contribution in [0.25, 0.3) is 5.82 Å². The van der Waals surface area contributed by atoms with E-state index in [1.54, 1.807) is 42.5 Å². The molecule has 4 aromatic rings. The maximum atomic E-state index is 12.3. The van der Waals surface area contributed by atoms with E-state index >= 15 is 0 Å². The van der Waals surface area contributed by atoms with Crippen molar-refractivity contribution in [1.29, 1.82) is 0 Å². The number of carbonyl (C=O) groups is 1. The van der Waals surface area contributed by atoms with Crippen molar-refractivity contribution in [2.45, 2.75) is 6.92 Å². The lowest BCUT2D eigenvalue weighted by atomic mass is 10.1. The molecule has 6 heteroatoms. The van der Waals surface area contributed by atoms with E-state index in [0.29, 0.717) is 22.9 Å². The number of ether oxygens (including phenoxy) is 1. The molecule has 2 heterocycles. The summed E-state index contributed by atoms with van der Waals surface area (Å²) < 4.78 is 7.67. The molecule has 138 valence electrons. The second-order valence-corrected chi connectivity index (χ2v) is 6.25. The van der Waals surface area contributed by atoms with Gasteiger partial charge in [-0.1, -0.05) is 17.7 Å². The molecule has 0 fully saturated rings. The van der Waals surface area contributed by atoms with Crippen molar-refractivity contribution < 1.29 is 9.53 Å². The van der Waals surface area contributed by atoms with E-state index in [4.69, 9.17) is 4.74 Å². The van der Waals surface area contributed by atoms with Gasteiger partial charge in [0.05, 0.1) is 0 Å². The summed E-state index contributed by atoms with van der Waals surface area (Å²) in [5.41, 5.74) is 2.42. The van der Waals surface area contributed by atoms with Gasteiger partial charge in [0.15, 0.2) is 0 Å². The molecular formula is C22H18N4O2. The number of carbonyl (C=O) groups excluding carboxylic acids is 1. The molecule has 0 aliphatic rings. The second kappa shape index (κ2) is 7.75. The van der Waals surface area contributed by atoms with E-state index in [1.165, 1.54) is 6.33 Å². The summed E-state index contributed by atoms with van der Waals surface area (Å²) in [5, 5.41) is 2.87. The average Bonchev–Trinajstić information content (AvgIpc) is 3.25. The Kier molecular flexibility index (Phi) is 4.84. The number of nitrogens with zero attached hydrogens (tertiary/aromatic N) is 3. The van der Waals surface area contributed by atoms with Crippen LogP contribution in [0.1, 0.15) is 15.9 Å². The van der Waals surface area contributed by atoms with E-state index in [9.17, 15) is 4.79 Å². The Morgan fingerprint density at radius 2 is 1.68 bits per heavy atom. The van der Waals surface area contributed by atoms with Gasteiger partial charge >= 0.3 is 0 Å². The third-order valence-electron chi connectivity index (χ3n) is 4.14. The summed E-state index contributed by atoms with van der Waals surface area (Å²) in [4.78, 5) is 20.7. The van der Waals surface area contributed by atoms with Gasteiger partial charge in [0.25, 0.3) is 5.91 Å². The number of nitrogens with one attached hydrogen (secondary N) is 1. The SMILES string of the molecule is Cc1ccc(C(=O)Nc2ccc(Oc3cc(-n4cccc4)ncn3)cc2)cc1. The first-order valence-corrected chi connectivity index (χ1v) is 8.79. The Bertz CT molecular complexity index is 1070. The summed E-state index contributed by atoms with van der Waals surface area (Å²) in [7, 11) is 0. The summed E-state index contributed by atoms with van der Waals surface area (Å²) in [6.07, 6.45) is 5.26. The van der Waals surface area contributed by atoms with Crippen molar-refractivity contribution in [2.75, 3.05) is 5.32 Å². The molecule has 2 aromatic carbocycles. The van der Waals surface area contributed by atoms with Gasteiger partial charge < -0.3 is 14.6 Å². The zero-order chi connectivity index (χ0) is 19.3. The van der Waals surface area contributed by atoms with Crippen LogP contribution in [0.2, 0.25) is 0 Å². The molecule has 28 heavy (non-hydrogen) atoms. The molecule has 1 amide bonds. The maximum Gasteiger partial charge on any atom is 0.255 e. The molecule has 0 unspecified atom stereocenters. The first kappa shape index (κ1) is 17.5. The number of amides is 1. The molecule has 6 nitrogen and oxygen atoms in total. The minimum atomic E-state index is -0.152. The Hall–Kier alpha value is -3.93. The van der Waals surface area contributed by atoms with E-state index in [1.807, 2.05) is 48.1 Å². The molecule has 0 saturated carbocycles. The first-order chi connectivity index (χ1) is 13.7. The van der Waals surface area contributed by atoms with Crippen LogP contribution in [-0.2, 0) is 0 Å². The minimum Gasteiger partial charge on any atom is -0.439 e. The molecule has 4 rings (SSSR count). The predicted molar refractivity (Wildman–Crippen MR) is 107 cm³/mol. The fraction of sp³-hybridized carbons (Fsp3) is 0.0455. The van der Waals surface area contributed by atoms with Crippen LogP contribution in [-0.4, -0.2) is 20.4 Å². The summed E-state index contributed by atoms with van der Waals surface area (Å²) in [6.45, 7) is 1.99. The highest BCUT2D eigenvalue weighted by Gasteiger charge is 2.07. The molecule has 0 aliphatic carbocycles. The van der Waals surface area contributed by atoms with Crippen molar-refractivity contribution in [3.05, 3.63) is 96.6 Å². The van der Waals surface area contributed by atoms with Gasteiger partial charge in [-0.25, -0.2) is 9.97 Å². The van der Waals surface area contributed by atoms with Crippen molar-refractivity contribution in [3.8, 4) is 17.4 Å². The van der Waals surface area contributed by atoms with E-state index < -0.39 is 0 Å². The van der Waals surface area contributed by atoms with E-state index in [-0.39, 0.29) is 5.91 Å². The molecule has 0 aliphatic heterocycles. The third-order valence-corrected chi connectivity index (χ3v) is 4.14. The fourth-order valence-corrected chi connectivity index (χ4v) is 2.65. The van der Waals surface area contributed by atoms with Crippen LogP contribution in [0.3, 0.4) is 0 Å². The smallest absolute Gasteiger partial charge is 0.255 e. The normalized spacial score (nSPS) is 10.5. The summed E-state index contributed by atoms with van der Waals surface area (Å²) >= 11 is 0. The zero-order valence-electron chi connectivity index (χ0n) is 15.2. The minimum absolute atomic E-state index is 0.152. The van der Waals surface area contributed by atoms with Crippen LogP contribution >= 0.6 is 0 Å². The quantitative estimate of drug-likeness (QED) is 0.556. The number of rotatable bonds is 5. The van der Waals surface area contributed by atoms with Crippen molar-refractivity contribution in [2.24, 2.45) is 0 Å². The molecule has 0 bridgehead atoms. The fourth-order valence-electron chi connectivity index (χ4n) is 2.65.